The first-order chi connectivity index (χ1) is 9.19. The van der Waals surface area contributed by atoms with E-state index < -0.39 is 0 Å². The molecule has 0 saturated heterocycles. The summed E-state index contributed by atoms with van der Waals surface area (Å²) in [6, 6.07) is 12.7. The third-order valence-electron chi connectivity index (χ3n) is 3.33. The van der Waals surface area contributed by atoms with Gasteiger partial charge in [0.25, 0.3) is 0 Å². The van der Waals surface area contributed by atoms with Crippen LogP contribution in [0.1, 0.15) is 25.3 Å². The summed E-state index contributed by atoms with van der Waals surface area (Å²) in [5.74, 6) is 1.42. The van der Waals surface area contributed by atoms with Crippen LogP contribution in [0.25, 0.3) is 0 Å². The molecular formula is C16H17NOS. The second-order valence-corrected chi connectivity index (χ2v) is 6.05. The lowest BCUT2D eigenvalue weighted by atomic mass is 10.0. The van der Waals surface area contributed by atoms with Crippen molar-refractivity contribution in [1.82, 2.24) is 0 Å². The highest BCUT2D eigenvalue weighted by molar-refractivity contribution is 7.99. The summed E-state index contributed by atoms with van der Waals surface area (Å²) in [4.78, 5) is 2.48. The number of rotatable bonds is 2. The zero-order valence-electron chi connectivity index (χ0n) is 11.4. The number of hydrogen-bond donors (Lipinski definition) is 1. The molecule has 0 radical (unpaired) electrons. The second kappa shape index (κ2) is 4.82. The number of ether oxygens (including phenoxy) is 1. The fourth-order valence-corrected chi connectivity index (χ4v) is 3.31. The van der Waals surface area contributed by atoms with E-state index in [1.165, 1.54) is 26.7 Å². The Bertz CT molecular complexity index is 622. The van der Waals surface area contributed by atoms with Crippen LogP contribution in [0.4, 0.5) is 11.4 Å². The lowest BCUT2D eigenvalue weighted by Gasteiger charge is -2.23. The van der Waals surface area contributed by atoms with Gasteiger partial charge in [0.1, 0.15) is 5.75 Å². The number of para-hydroxylation sites is 1. The Labute approximate surface area is 118 Å². The molecule has 0 amide bonds. The highest BCUT2D eigenvalue weighted by Gasteiger charge is 2.19. The summed E-state index contributed by atoms with van der Waals surface area (Å²) >= 11 is 1.79. The normalized spacial score (nSPS) is 12.6. The molecule has 0 fully saturated rings. The Hall–Kier alpha value is -1.61. The summed E-state index contributed by atoms with van der Waals surface area (Å²) in [7, 11) is 1.74. The van der Waals surface area contributed by atoms with Crippen molar-refractivity contribution in [1.29, 1.82) is 0 Å². The van der Waals surface area contributed by atoms with Gasteiger partial charge in [-0.15, -0.1) is 0 Å². The molecule has 2 aromatic rings. The largest absolute Gasteiger partial charge is 0.496 e. The Morgan fingerprint density at radius 3 is 2.58 bits per heavy atom. The van der Waals surface area contributed by atoms with Gasteiger partial charge in [0.15, 0.2) is 0 Å². The van der Waals surface area contributed by atoms with Crippen molar-refractivity contribution in [3.63, 3.8) is 0 Å². The van der Waals surface area contributed by atoms with E-state index in [4.69, 9.17) is 4.74 Å². The van der Waals surface area contributed by atoms with Crippen LogP contribution >= 0.6 is 11.8 Å². The topological polar surface area (TPSA) is 21.3 Å². The first-order valence-corrected chi connectivity index (χ1v) is 7.26. The molecule has 0 aromatic heterocycles. The molecule has 19 heavy (non-hydrogen) atoms. The molecular weight excluding hydrogens is 254 g/mol. The van der Waals surface area contributed by atoms with Crippen LogP contribution in [0.5, 0.6) is 5.75 Å². The molecule has 1 heterocycles. The predicted octanol–water partition coefficient (Wildman–Crippen LogP) is 5.03. The number of nitrogens with one attached hydrogen (secondary N) is 1. The van der Waals surface area contributed by atoms with Gasteiger partial charge < -0.3 is 10.1 Å². The minimum atomic E-state index is 0.448. The molecule has 2 nitrogen and oxygen atoms in total. The lowest BCUT2D eigenvalue weighted by molar-refractivity contribution is 0.406. The van der Waals surface area contributed by atoms with E-state index in [1.807, 2.05) is 0 Å². The predicted molar refractivity (Wildman–Crippen MR) is 80.9 cm³/mol. The van der Waals surface area contributed by atoms with E-state index in [0.717, 1.165) is 5.75 Å². The van der Waals surface area contributed by atoms with Crippen LogP contribution in [-0.2, 0) is 0 Å². The first kappa shape index (κ1) is 12.4. The van der Waals surface area contributed by atoms with E-state index in [0.29, 0.717) is 5.92 Å². The van der Waals surface area contributed by atoms with Crippen LogP contribution in [-0.4, -0.2) is 7.11 Å². The first-order valence-electron chi connectivity index (χ1n) is 6.45. The zero-order chi connectivity index (χ0) is 13.4. The Morgan fingerprint density at radius 1 is 1.05 bits per heavy atom. The van der Waals surface area contributed by atoms with E-state index in [2.05, 4.69) is 55.6 Å². The highest BCUT2D eigenvalue weighted by Crippen LogP contribution is 2.47. The highest BCUT2D eigenvalue weighted by atomic mass is 32.2. The van der Waals surface area contributed by atoms with Gasteiger partial charge in [0.2, 0.25) is 0 Å². The third-order valence-corrected chi connectivity index (χ3v) is 4.46. The number of anilines is 2. The van der Waals surface area contributed by atoms with Crippen molar-refractivity contribution in [3.05, 3.63) is 42.0 Å². The monoisotopic (exact) mass is 271 g/mol. The second-order valence-electron chi connectivity index (χ2n) is 4.97. The van der Waals surface area contributed by atoms with Crippen LogP contribution < -0.4 is 10.1 Å². The van der Waals surface area contributed by atoms with Gasteiger partial charge in [-0.05, 0) is 35.7 Å². The minimum absolute atomic E-state index is 0.448. The van der Waals surface area contributed by atoms with Gasteiger partial charge in [0, 0.05) is 9.79 Å². The Kier molecular flexibility index (Phi) is 3.15. The molecule has 0 unspecified atom stereocenters. The lowest BCUT2D eigenvalue weighted by Crippen LogP contribution is -2.03. The molecule has 0 aliphatic carbocycles. The third kappa shape index (κ3) is 2.19. The van der Waals surface area contributed by atoms with Crippen molar-refractivity contribution >= 4 is 23.1 Å². The van der Waals surface area contributed by atoms with Crippen LogP contribution in [0.15, 0.2) is 46.2 Å². The van der Waals surface area contributed by atoms with E-state index >= 15 is 0 Å². The smallest absolute Gasteiger partial charge is 0.123 e. The molecule has 0 atom stereocenters. The van der Waals surface area contributed by atoms with E-state index in [1.54, 1.807) is 18.9 Å². The molecule has 1 N–H and O–H groups in total. The molecule has 2 aromatic carbocycles. The van der Waals surface area contributed by atoms with Crippen molar-refractivity contribution in [2.45, 2.75) is 29.6 Å². The number of methoxy groups -OCH3 is 1. The van der Waals surface area contributed by atoms with Gasteiger partial charge in [-0.2, -0.15) is 0 Å². The molecule has 3 heteroatoms. The van der Waals surface area contributed by atoms with Gasteiger partial charge >= 0.3 is 0 Å². The average Bonchev–Trinajstić information content (AvgIpc) is 2.43. The Balaban J connectivity index is 2.08. The summed E-state index contributed by atoms with van der Waals surface area (Å²) < 4.78 is 5.52. The van der Waals surface area contributed by atoms with E-state index in [9.17, 15) is 0 Å². The molecule has 0 saturated carbocycles. The zero-order valence-corrected chi connectivity index (χ0v) is 12.2. The maximum absolute atomic E-state index is 5.52. The van der Waals surface area contributed by atoms with Gasteiger partial charge in [-0.1, -0.05) is 37.7 Å². The summed E-state index contributed by atoms with van der Waals surface area (Å²) in [6.07, 6.45) is 0. The molecule has 0 bridgehead atoms. The van der Waals surface area contributed by atoms with Crippen molar-refractivity contribution in [2.24, 2.45) is 0 Å². The number of hydrogen-bond acceptors (Lipinski definition) is 3. The molecule has 98 valence electrons. The number of fused-ring (bicyclic) bond motifs is 2. The maximum Gasteiger partial charge on any atom is 0.123 e. The number of benzene rings is 2. The molecule has 1 aliphatic heterocycles. The van der Waals surface area contributed by atoms with E-state index in [-0.39, 0.29) is 0 Å². The molecule has 1 aliphatic rings. The van der Waals surface area contributed by atoms with Gasteiger partial charge in [-0.25, -0.2) is 0 Å². The van der Waals surface area contributed by atoms with Crippen LogP contribution in [0, 0.1) is 0 Å². The van der Waals surface area contributed by atoms with Crippen LogP contribution in [0.2, 0.25) is 0 Å². The maximum atomic E-state index is 5.52. The fourth-order valence-electron chi connectivity index (χ4n) is 2.31. The van der Waals surface area contributed by atoms with Crippen molar-refractivity contribution in [2.75, 3.05) is 12.4 Å². The quantitative estimate of drug-likeness (QED) is 0.706. The van der Waals surface area contributed by atoms with Crippen molar-refractivity contribution in [3.8, 4) is 5.75 Å². The standard InChI is InChI=1S/C16H17NOS/c1-10(2)11-8-13-16(9-14(11)18-3)19-15-7-5-4-6-12(15)17-13/h4-10,17H,1-3H3. The van der Waals surface area contributed by atoms with Gasteiger partial charge in [0.05, 0.1) is 18.5 Å². The minimum Gasteiger partial charge on any atom is -0.496 e. The summed E-state index contributed by atoms with van der Waals surface area (Å²) in [5, 5.41) is 3.51. The fraction of sp³-hybridized carbons (Fsp3) is 0.250. The summed E-state index contributed by atoms with van der Waals surface area (Å²) in [6.45, 7) is 4.38. The van der Waals surface area contributed by atoms with Crippen molar-refractivity contribution < 1.29 is 4.74 Å². The average molecular weight is 271 g/mol. The molecule has 3 rings (SSSR count). The SMILES string of the molecule is COc1cc2c(cc1C(C)C)Nc1ccccc1S2. The molecule has 0 spiro atoms. The van der Waals surface area contributed by atoms with Gasteiger partial charge in [-0.3, -0.25) is 0 Å². The Morgan fingerprint density at radius 2 is 1.84 bits per heavy atom. The summed E-state index contributed by atoms with van der Waals surface area (Å²) in [5.41, 5.74) is 3.60. The van der Waals surface area contributed by atoms with Crippen LogP contribution in [0.3, 0.4) is 0 Å².